The van der Waals surface area contributed by atoms with E-state index in [0.29, 0.717) is 6.54 Å². The Morgan fingerprint density at radius 2 is 1.68 bits per heavy atom. The molecule has 1 heterocycles. The lowest BCUT2D eigenvalue weighted by atomic mass is 9.95. The molecule has 22 heavy (non-hydrogen) atoms. The van der Waals surface area contributed by atoms with Crippen LogP contribution in [0.4, 0.5) is 0 Å². The number of fused-ring (bicyclic) bond motifs is 1. The van der Waals surface area contributed by atoms with Gasteiger partial charge in [-0.05, 0) is 49.4 Å². The van der Waals surface area contributed by atoms with E-state index >= 15 is 0 Å². The molecule has 0 spiro atoms. The molecule has 0 N–H and O–H groups in total. The monoisotopic (exact) mass is 293 g/mol. The van der Waals surface area contributed by atoms with E-state index in [1.807, 2.05) is 13.8 Å². The Morgan fingerprint density at radius 1 is 1.05 bits per heavy atom. The highest BCUT2D eigenvalue weighted by Gasteiger charge is 2.20. The van der Waals surface area contributed by atoms with Crippen LogP contribution >= 0.6 is 0 Å². The Morgan fingerprint density at radius 3 is 2.36 bits per heavy atom. The Bertz CT molecular complexity index is 694. The molecule has 2 heteroatoms. The summed E-state index contributed by atoms with van der Waals surface area (Å²) in [6.45, 7) is 8.52. The van der Waals surface area contributed by atoms with Crippen molar-refractivity contribution in [3.05, 3.63) is 69.8 Å². The van der Waals surface area contributed by atoms with Gasteiger partial charge in [-0.15, -0.1) is 0 Å². The number of rotatable bonds is 3. The van der Waals surface area contributed by atoms with E-state index in [2.05, 4.69) is 48.2 Å². The lowest BCUT2D eigenvalue weighted by Gasteiger charge is -2.28. The third-order valence-electron chi connectivity index (χ3n) is 4.53. The van der Waals surface area contributed by atoms with Gasteiger partial charge in [-0.2, -0.15) is 0 Å². The lowest BCUT2D eigenvalue weighted by molar-refractivity contribution is 0.0920. The summed E-state index contributed by atoms with van der Waals surface area (Å²) < 4.78 is 0. The van der Waals surface area contributed by atoms with Crippen molar-refractivity contribution in [3.8, 4) is 0 Å². The first-order chi connectivity index (χ1) is 10.5. The summed E-state index contributed by atoms with van der Waals surface area (Å²) in [5, 5.41) is 0. The molecule has 3 rings (SSSR count). The number of hydrogen-bond acceptors (Lipinski definition) is 2. The maximum atomic E-state index is 12.7. The highest BCUT2D eigenvalue weighted by Crippen LogP contribution is 2.21. The summed E-state index contributed by atoms with van der Waals surface area (Å²) >= 11 is 0. The molecule has 2 aromatic rings. The van der Waals surface area contributed by atoms with Crippen LogP contribution in [0.2, 0.25) is 0 Å². The van der Waals surface area contributed by atoms with Gasteiger partial charge in [-0.3, -0.25) is 9.69 Å². The number of nitrogens with zero attached hydrogens (tertiary/aromatic N) is 1. The summed E-state index contributed by atoms with van der Waals surface area (Å²) in [5.74, 6) is 0.245. The minimum atomic E-state index is 0.245. The number of Topliss-reactive ketones (excluding diaryl/α,β-unsaturated/α-hetero) is 1. The van der Waals surface area contributed by atoms with Gasteiger partial charge in [0.25, 0.3) is 0 Å². The second-order valence-corrected chi connectivity index (χ2v) is 6.43. The van der Waals surface area contributed by atoms with Crippen LogP contribution in [0.15, 0.2) is 36.4 Å². The van der Waals surface area contributed by atoms with Gasteiger partial charge in [0.1, 0.15) is 0 Å². The summed E-state index contributed by atoms with van der Waals surface area (Å²) in [4.78, 5) is 15.0. The molecule has 1 aliphatic heterocycles. The van der Waals surface area contributed by atoms with E-state index in [1.165, 1.54) is 16.7 Å². The Kier molecular flexibility index (Phi) is 4.12. The summed E-state index contributed by atoms with van der Waals surface area (Å²) in [6.07, 6.45) is 1.04. The van der Waals surface area contributed by atoms with Gasteiger partial charge in [-0.25, -0.2) is 0 Å². The molecular formula is C20H23NO. The van der Waals surface area contributed by atoms with Crippen molar-refractivity contribution in [1.82, 2.24) is 4.90 Å². The van der Waals surface area contributed by atoms with Crippen molar-refractivity contribution >= 4 is 5.78 Å². The molecule has 0 aliphatic carbocycles. The molecule has 0 bridgehead atoms. The van der Waals surface area contributed by atoms with Gasteiger partial charge in [0.15, 0.2) is 5.78 Å². The van der Waals surface area contributed by atoms with Crippen LogP contribution in [0.1, 0.15) is 38.2 Å². The number of ketones is 1. The van der Waals surface area contributed by atoms with E-state index in [-0.39, 0.29) is 5.78 Å². The maximum Gasteiger partial charge on any atom is 0.177 e. The molecular weight excluding hydrogens is 270 g/mol. The zero-order valence-corrected chi connectivity index (χ0v) is 13.6. The predicted octanol–water partition coefficient (Wildman–Crippen LogP) is 3.85. The van der Waals surface area contributed by atoms with Gasteiger partial charge in [0, 0.05) is 18.7 Å². The fourth-order valence-corrected chi connectivity index (χ4v) is 3.59. The zero-order valence-electron chi connectivity index (χ0n) is 13.6. The molecule has 0 fully saturated rings. The van der Waals surface area contributed by atoms with Gasteiger partial charge in [-0.1, -0.05) is 42.0 Å². The summed E-state index contributed by atoms with van der Waals surface area (Å²) in [6, 6.07) is 12.8. The molecule has 2 aromatic carbocycles. The predicted molar refractivity (Wildman–Crippen MR) is 90.4 cm³/mol. The van der Waals surface area contributed by atoms with E-state index in [0.717, 1.165) is 36.2 Å². The Labute approximate surface area is 132 Å². The number of carbonyl (C=O) groups excluding carboxylic acids is 1. The van der Waals surface area contributed by atoms with Crippen molar-refractivity contribution in [1.29, 1.82) is 0 Å². The van der Waals surface area contributed by atoms with Crippen molar-refractivity contribution in [3.63, 3.8) is 0 Å². The van der Waals surface area contributed by atoms with Crippen LogP contribution in [-0.2, 0) is 13.0 Å². The van der Waals surface area contributed by atoms with Crippen molar-refractivity contribution < 1.29 is 4.79 Å². The number of benzene rings is 2. The topological polar surface area (TPSA) is 20.3 Å². The molecule has 1 aliphatic rings. The molecule has 0 saturated heterocycles. The lowest BCUT2D eigenvalue weighted by Crippen LogP contribution is -2.35. The second-order valence-electron chi connectivity index (χ2n) is 6.43. The van der Waals surface area contributed by atoms with Gasteiger partial charge in [0.2, 0.25) is 0 Å². The highest BCUT2D eigenvalue weighted by atomic mass is 16.1. The molecule has 114 valence electrons. The standard InChI is InChI=1S/C20H23NO/c1-14-10-15(2)20(16(3)11-14)19(22)13-21-9-8-17-6-4-5-7-18(17)12-21/h4-7,10-11H,8-9,12-13H2,1-3H3. The van der Waals surface area contributed by atoms with E-state index < -0.39 is 0 Å². The highest BCUT2D eigenvalue weighted by molar-refractivity contribution is 6.00. The molecule has 0 amide bonds. The Balaban J connectivity index is 1.76. The normalized spacial score (nSPS) is 14.7. The average molecular weight is 293 g/mol. The van der Waals surface area contributed by atoms with Crippen molar-refractivity contribution in [2.45, 2.75) is 33.7 Å². The van der Waals surface area contributed by atoms with Crippen LogP contribution in [0.3, 0.4) is 0 Å². The first kappa shape index (κ1) is 15.0. The van der Waals surface area contributed by atoms with Crippen LogP contribution in [0, 0.1) is 20.8 Å². The molecule has 2 nitrogen and oxygen atoms in total. The van der Waals surface area contributed by atoms with Crippen LogP contribution < -0.4 is 0 Å². The minimum absolute atomic E-state index is 0.245. The summed E-state index contributed by atoms with van der Waals surface area (Å²) in [5.41, 5.74) is 7.11. The molecule has 0 radical (unpaired) electrons. The first-order valence-corrected chi connectivity index (χ1v) is 7.95. The van der Waals surface area contributed by atoms with Crippen LogP contribution in [-0.4, -0.2) is 23.8 Å². The average Bonchev–Trinajstić information content (AvgIpc) is 2.46. The smallest absolute Gasteiger partial charge is 0.177 e. The molecule has 0 aromatic heterocycles. The quantitative estimate of drug-likeness (QED) is 0.801. The van der Waals surface area contributed by atoms with E-state index in [4.69, 9.17) is 0 Å². The molecule has 0 saturated carbocycles. The van der Waals surface area contributed by atoms with E-state index in [1.54, 1.807) is 0 Å². The third kappa shape index (κ3) is 2.97. The maximum absolute atomic E-state index is 12.7. The molecule has 0 unspecified atom stereocenters. The van der Waals surface area contributed by atoms with Crippen LogP contribution in [0.5, 0.6) is 0 Å². The second kappa shape index (κ2) is 6.05. The van der Waals surface area contributed by atoms with E-state index in [9.17, 15) is 4.79 Å². The minimum Gasteiger partial charge on any atom is -0.293 e. The number of hydrogen-bond donors (Lipinski definition) is 0. The fourth-order valence-electron chi connectivity index (χ4n) is 3.59. The fraction of sp³-hybridized carbons (Fsp3) is 0.350. The zero-order chi connectivity index (χ0) is 15.7. The van der Waals surface area contributed by atoms with Crippen molar-refractivity contribution in [2.75, 3.05) is 13.1 Å². The van der Waals surface area contributed by atoms with Crippen LogP contribution in [0.25, 0.3) is 0 Å². The molecule has 0 atom stereocenters. The van der Waals surface area contributed by atoms with Crippen molar-refractivity contribution in [2.24, 2.45) is 0 Å². The first-order valence-electron chi connectivity index (χ1n) is 7.95. The largest absolute Gasteiger partial charge is 0.293 e. The van der Waals surface area contributed by atoms with Gasteiger partial charge < -0.3 is 0 Å². The Hall–Kier alpha value is -1.93. The number of aryl methyl sites for hydroxylation is 3. The summed E-state index contributed by atoms with van der Waals surface area (Å²) in [7, 11) is 0. The van der Waals surface area contributed by atoms with Gasteiger partial charge in [0.05, 0.1) is 6.54 Å². The SMILES string of the molecule is Cc1cc(C)c(C(=O)CN2CCc3ccccc3C2)c(C)c1. The number of carbonyl (C=O) groups is 1. The van der Waals surface area contributed by atoms with Gasteiger partial charge >= 0.3 is 0 Å². The third-order valence-corrected chi connectivity index (χ3v) is 4.53.